The van der Waals surface area contributed by atoms with Crippen molar-refractivity contribution >= 4 is 13.6 Å². The summed E-state index contributed by atoms with van der Waals surface area (Å²) in [6.45, 7) is 8.31. The highest BCUT2D eigenvalue weighted by molar-refractivity contribution is 7.54. The number of carbonyl (C=O) groups is 1. The second-order valence-electron chi connectivity index (χ2n) is 5.96. The fourth-order valence-electron chi connectivity index (χ4n) is 2.12. The van der Waals surface area contributed by atoms with Crippen molar-refractivity contribution in [2.45, 2.75) is 59.1 Å². The van der Waals surface area contributed by atoms with E-state index in [9.17, 15) is 9.36 Å². The van der Waals surface area contributed by atoms with Crippen LogP contribution in [-0.2, 0) is 29.6 Å². The predicted octanol–water partition coefficient (Wildman–Crippen LogP) is 4.17. The zero-order chi connectivity index (χ0) is 18.3. The molecule has 0 saturated heterocycles. The number of carbonyl (C=O) groups excluding carboxylic acids is 1. The molecule has 0 saturated carbocycles. The normalized spacial score (nSPS) is 13.2. The third-order valence-electron chi connectivity index (χ3n) is 2.94. The lowest BCUT2D eigenvalue weighted by atomic mass is 10.1. The Morgan fingerprint density at radius 1 is 1.04 bits per heavy atom. The van der Waals surface area contributed by atoms with Gasteiger partial charge in [0.1, 0.15) is 5.75 Å². The Morgan fingerprint density at radius 3 is 1.92 bits per heavy atom. The molecule has 0 radical (unpaired) electrons. The minimum atomic E-state index is -3.65. The number of hydrogen-bond acceptors (Lipinski definition) is 6. The van der Waals surface area contributed by atoms with E-state index in [0.717, 1.165) is 5.56 Å². The van der Waals surface area contributed by atoms with E-state index < -0.39 is 19.4 Å². The van der Waals surface area contributed by atoms with E-state index >= 15 is 0 Å². The third-order valence-corrected chi connectivity index (χ3v) is 5.36. The fourth-order valence-corrected chi connectivity index (χ4v) is 4.33. The lowest BCUT2D eigenvalue weighted by Gasteiger charge is -2.29. The highest BCUT2D eigenvalue weighted by Crippen LogP contribution is 2.56. The first-order chi connectivity index (χ1) is 11.2. The van der Waals surface area contributed by atoms with Crippen LogP contribution < -0.4 is 4.74 Å². The van der Waals surface area contributed by atoms with Gasteiger partial charge in [-0.15, -0.1) is 0 Å². The Balaban J connectivity index is 3.09. The topological polar surface area (TPSA) is 71.1 Å². The van der Waals surface area contributed by atoms with Crippen molar-refractivity contribution in [3.05, 3.63) is 29.8 Å². The minimum absolute atomic E-state index is 0.223. The van der Waals surface area contributed by atoms with E-state index in [-0.39, 0.29) is 18.6 Å². The second kappa shape index (κ2) is 9.21. The maximum absolute atomic E-state index is 13.3. The average molecular weight is 358 g/mol. The van der Waals surface area contributed by atoms with Gasteiger partial charge < -0.3 is 18.5 Å². The highest BCUT2D eigenvalue weighted by Gasteiger charge is 2.40. The van der Waals surface area contributed by atoms with E-state index in [1.807, 2.05) is 12.1 Å². The van der Waals surface area contributed by atoms with Gasteiger partial charge in [0.2, 0.25) is 5.85 Å². The summed E-state index contributed by atoms with van der Waals surface area (Å²) in [6.07, 6.45) is -0.438. The lowest BCUT2D eigenvalue weighted by Crippen LogP contribution is -2.25. The first-order valence-corrected chi connectivity index (χ1v) is 9.54. The summed E-state index contributed by atoms with van der Waals surface area (Å²) in [7, 11) is -2.07. The summed E-state index contributed by atoms with van der Waals surface area (Å²) in [4.78, 5) is 11.5. The maximum atomic E-state index is 13.3. The molecule has 1 aromatic carbocycles. The molecule has 0 spiro atoms. The fraction of sp³-hybridized carbons (Fsp3) is 0.588. The molecule has 7 heteroatoms. The van der Waals surface area contributed by atoms with Crippen molar-refractivity contribution in [1.82, 2.24) is 0 Å². The molecule has 1 rings (SSSR count). The van der Waals surface area contributed by atoms with E-state index in [1.54, 1.807) is 46.9 Å². The zero-order valence-corrected chi connectivity index (χ0v) is 16.0. The average Bonchev–Trinajstić information content (AvgIpc) is 2.45. The molecule has 24 heavy (non-hydrogen) atoms. The second-order valence-corrected chi connectivity index (χ2v) is 8.04. The van der Waals surface area contributed by atoms with Crippen molar-refractivity contribution in [3.63, 3.8) is 0 Å². The van der Waals surface area contributed by atoms with Gasteiger partial charge >= 0.3 is 13.6 Å². The Labute approximate surface area is 144 Å². The van der Waals surface area contributed by atoms with E-state index in [2.05, 4.69) is 0 Å². The van der Waals surface area contributed by atoms with E-state index in [0.29, 0.717) is 5.75 Å². The lowest BCUT2D eigenvalue weighted by molar-refractivity contribution is -0.143. The van der Waals surface area contributed by atoms with Gasteiger partial charge in [-0.3, -0.25) is 9.36 Å². The monoisotopic (exact) mass is 358 g/mol. The summed E-state index contributed by atoms with van der Waals surface area (Å²) < 4.78 is 34.8. The van der Waals surface area contributed by atoms with Crippen LogP contribution in [-0.4, -0.2) is 31.1 Å². The van der Waals surface area contributed by atoms with Crippen LogP contribution in [0.5, 0.6) is 5.75 Å². The smallest absolute Gasteiger partial charge is 0.371 e. The Bertz CT molecular complexity index is 553. The molecule has 0 unspecified atom stereocenters. The van der Waals surface area contributed by atoms with Crippen molar-refractivity contribution in [1.29, 1.82) is 0 Å². The number of hydrogen-bond donors (Lipinski definition) is 0. The van der Waals surface area contributed by atoms with E-state index in [1.165, 1.54) is 6.92 Å². The molecule has 0 aliphatic rings. The molecular formula is C17H27O6P. The van der Waals surface area contributed by atoms with Crippen LogP contribution >= 0.6 is 7.60 Å². The summed E-state index contributed by atoms with van der Waals surface area (Å²) >= 11 is 0. The van der Waals surface area contributed by atoms with Crippen molar-refractivity contribution in [3.8, 4) is 5.75 Å². The SMILES string of the molecule is COc1ccc(C[C@H](OC(C)=O)P(=O)(OC(C)C)OC(C)C)cc1. The predicted molar refractivity (Wildman–Crippen MR) is 92.3 cm³/mol. The Hall–Kier alpha value is -1.36. The first kappa shape index (κ1) is 20.7. The van der Waals surface area contributed by atoms with E-state index in [4.69, 9.17) is 18.5 Å². The molecular weight excluding hydrogens is 331 g/mol. The summed E-state index contributed by atoms with van der Waals surface area (Å²) in [5.74, 6) is -0.829. The molecule has 136 valence electrons. The van der Waals surface area contributed by atoms with Crippen molar-refractivity contribution < 1.29 is 27.9 Å². The van der Waals surface area contributed by atoms with Gasteiger partial charge in [0.15, 0.2) is 0 Å². The summed E-state index contributed by atoms with van der Waals surface area (Å²) in [6, 6.07) is 7.23. The van der Waals surface area contributed by atoms with Gasteiger partial charge in [0.25, 0.3) is 0 Å². The quantitative estimate of drug-likeness (QED) is 0.487. The van der Waals surface area contributed by atoms with Gasteiger partial charge in [-0.05, 0) is 45.4 Å². The molecule has 0 amide bonds. The van der Waals surface area contributed by atoms with Gasteiger partial charge in [0.05, 0.1) is 19.3 Å². The molecule has 0 N–H and O–H groups in total. The first-order valence-electron chi connectivity index (χ1n) is 7.93. The molecule has 0 bridgehead atoms. The molecule has 0 heterocycles. The van der Waals surface area contributed by atoms with Crippen LogP contribution in [0.3, 0.4) is 0 Å². The molecule has 0 aromatic heterocycles. The third kappa shape index (κ3) is 6.63. The van der Waals surface area contributed by atoms with Crippen LogP contribution in [0.2, 0.25) is 0 Å². The largest absolute Gasteiger partial charge is 0.497 e. The number of ether oxygens (including phenoxy) is 2. The molecule has 0 aliphatic heterocycles. The van der Waals surface area contributed by atoms with Crippen LogP contribution in [0.25, 0.3) is 0 Å². The molecule has 6 nitrogen and oxygen atoms in total. The number of methoxy groups -OCH3 is 1. The Morgan fingerprint density at radius 2 is 1.54 bits per heavy atom. The van der Waals surface area contributed by atoms with Crippen LogP contribution in [0.15, 0.2) is 24.3 Å². The Kier molecular flexibility index (Phi) is 7.94. The van der Waals surface area contributed by atoms with Crippen LogP contribution in [0, 0.1) is 0 Å². The van der Waals surface area contributed by atoms with Gasteiger partial charge in [0, 0.05) is 13.3 Å². The number of benzene rings is 1. The summed E-state index contributed by atoms with van der Waals surface area (Å²) in [5, 5.41) is 0. The highest BCUT2D eigenvalue weighted by atomic mass is 31.2. The van der Waals surface area contributed by atoms with Gasteiger partial charge in [-0.25, -0.2) is 0 Å². The van der Waals surface area contributed by atoms with Crippen molar-refractivity contribution in [2.24, 2.45) is 0 Å². The van der Waals surface area contributed by atoms with Gasteiger partial charge in [-0.1, -0.05) is 12.1 Å². The van der Waals surface area contributed by atoms with Crippen LogP contribution in [0.4, 0.5) is 0 Å². The molecule has 0 fully saturated rings. The summed E-state index contributed by atoms with van der Waals surface area (Å²) in [5.41, 5.74) is 0.835. The maximum Gasteiger partial charge on any atom is 0.371 e. The van der Waals surface area contributed by atoms with Gasteiger partial charge in [-0.2, -0.15) is 0 Å². The molecule has 1 atom stereocenters. The zero-order valence-electron chi connectivity index (χ0n) is 15.1. The standard InChI is InChI=1S/C17H27O6P/c1-12(2)22-24(19,23-13(3)4)17(21-14(5)18)11-15-7-9-16(20-6)10-8-15/h7-10,12-13,17H,11H2,1-6H3/t17-/m1/s1. The minimum Gasteiger partial charge on any atom is -0.497 e. The van der Waals surface area contributed by atoms with Crippen LogP contribution in [0.1, 0.15) is 40.2 Å². The molecule has 1 aromatic rings. The number of rotatable bonds is 9. The number of esters is 1. The van der Waals surface area contributed by atoms with Crippen molar-refractivity contribution in [2.75, 3.05) is 7.11 Å². The molecule has 0 aliphatic carbocycles.